The largest absolute Gasteiger partial charge is 0.243 e. The highest BCUT2D eigenvalue weighted by atomic mass is 32.2. The fraction of sp³-hybridized carbons (Fsp3) is 0.280. The first-order valence-electron chi connectivity index (χ1n) is 10.3. The first kappa shape index (κ1) is 18.6. The van der Waals surface area contributed by atoms with Crippen molar-refractivity contribution >= 4 is 26.4 Å². The summed E-state index contributed by atoms with van der Waals surface area (Å²) in [6, 6.07) is 20.2. The van der Waals surface area contributed by atoms with Gasteiger partial charge >= 0.3 is 0 Å². The molecule has 0 spiro atoms. The van der Waals surface area contributed by atoms with Gasteiger partial charge in [-0.2, -0.15) is 4.31 Å². The number of allylic oxidation sites excluding steroid dienone is 1. The molecule has 3 aromatic carbocycles. The topological polar surface area (TPSA) is 37.4 Å². The quantitative estimate of drug-likeness (QED) is 0.604. The molecule has 2 aliphatic rings. The van der Waals surface area contributed by atoms with E-state index in [1.54, 1.807) is 16.4 Å². The molecule has 0 aromatic heterocycles. The van der Waals surface area contributed by atoms with Gasteiger partial charge in [0.05, 0.1) is 4.90 Å². The van der Waals surface area contributed by atoms with E-state index in [4.69, 9.17) is 0 Å². The summed E-state index contributed by atoms with van der Waals surface area (Å²) in [5, 5.41) is 2.51. The molecule has 1 aliphatic heterocycles. The van der Waals surface area contributed by atoms with Gasteiger partial charge in [-0.25, -0.2) is 8.42 Å². The lowest BCUT2D eigenvalue weighted by molar-refractivity contribution is 0.456. The van der Waals surface area contributed by atoms with Crippen molar-refractivity contribution in [1.82, 2.24) is 4.31 Å². The number of aryl methyl sites for hydroxylation is 1. The van der Waals surface area contributed by atoms with Gasteiger partial charge in [0.15, 0.2) is 0 Å². The minimum atomic E-state index is -3.47. The maximum Gasteiger partial charge on any atom is 0.243 e. The molecule has 0 amide bonds. The standard InChI is InChI=1S/C25H25NO2S/c1-3-23-24-14-19-7-5-4-6-18(19)12-20(24)13-21-15-26(16-25(21)23)29(27,28)22-10-8-17(2)9-11-22/h4-12,14,21H,3,13,15-16H2,1-2H3/t21-/m0/s1. The van der Waals surface area contributed by atoms with E-state index in [0.29, 0.717) is 18.0 Å². The van der Waals surface area contributed by atoms with Gasteiger partial charge in [-0.1, -0.05) is 55.0 Å². The van der Waals surface area contributed by atoms with Crippen molar-refractivity contribution in [2.75, 3.05) is 13.1 Å². The minimum absolute atomic E-state index is 0.277. The molecule has 1 saturated heterocycles. The Hall–Kier alpha value is -2.43. The Morgan fingerprint density at radius 1 is 1.00 bits per heavy atom. The summed E-state index contributed by atoms with van der Waals surface area (Å²) in [5.41, 5.74) is 6.38. The zero-order valence-electron chi connectivity index (χ0n) is 16.9. The van der Waals surface area contributed by atoms with Crippen LogP contribution in [-0.4, -0.2) is 25.8 Å². The number of benzene rings is 3. The summed E-state index contributed by atoms with van der Waals surface area (Å²) >= 11 is 0. The van der Waals surface area contributed by atoms with Crippen molar-refractivity contribution in [2.24, 2.45) is 5.92 Å². The van der Waals surface area contributed by atoms with E-state index in [0.717, 1.165) is 18.4 Å². The van der Waals surface area contributed by atoms with Gasteiger partial charge in [0, 0.05) is 13.1 Å². The van der Waals surface area contributed by atoms with E-state index >= 15 is 0 Å². The Bertz CT molecular complexity index is 1240. The number of fused-ring (bicyclic) bond motifs is 3. The van der Waals surface area contributed by atoms with Gasteiger partial charge in [0.25, 0.3) is 0 Å². The van der Waals surface area contributed by atoms with Crippen LogP contribution in [-0.2, 0) is 16.4 Å². The van der Waals surface area contributed by atoms with Crippen molar-refractivity contribution in [3.05, 3.63) is 82.9 Å². The normalized spacial score (nSPS) is 19.4. The number of nitrogens with zero attached hydrogens (tertiary/aromatic N) is 1. The third-order valence-electron chi connectivity index (χ3n) is 6.43. The Morgan fingerprint density at radius 3 is 2.38 bits per heavy atom. The predicted molar refractivity (Wildman–Crippen MR) is 118 cm³/mol. The molecule has 1 atom stereocenters. The van der Waals surface area contributed by atoms with E-state index in [9.17, 15) is 8.42 Å². The molecule has 1 fully saturated rings. The SMILES string of the molecule is CCC1=C2CN(S(=O)(=O)c3ccc(C)cc3)C[C@@H]2Cc2cc3ccccc3cc21. The van der Waals surface area contributed by atoms with Crippen LogP contribution in [0.1, 0.15) is 30.0 Å². The second-order valence-electron chi connectivity index (χ2n) is 8.23. The first-order valence-corrected chi connectivity index (χ1v) is 11.7. The molecule has 148 valence electrons. The Morgan fingerprint density at radius 2 is 1.69 bits per heavy atom. The molecule has 0 radical (unpaired) electrons. The first-order chi connectivity index (χ1) is 14.0. The van der Waals surface area contributed by atoms with Gasteiger partial charge in [-0.05, 0) is 76.9 Å². The lowest BCUT2D eigenvalue weighted by Crippen LogP contribution is -2.29. The summed E-state index contributed by atoms with van der Waals surface area (Å²) in [7, 11) is -3.47. The van der Waals surface area contributed by atoms with Gasteiger partial charge in [0.2, 0.25) is 10.0 Å². The van der Waals surface area contributed by atoms with Crippen LogP contribution < -0.4 is 0 Å². The Kier molecular flexibility index (Phi) is 4.37. The van der Waals surface area contributed by atoms with Crippen LogP contribution in [0, 0.1) is 12.8 Å². The molecule has 1 heterocycles. The monoisotopic (exact) mass is 403 g/mol. The smallest absolute Gasteiger partial charge is 0.207 e. The fourth-order valence-electron chi connectivity index (χ4n) is 4.90. The number of hydrogen-bond donors (Lipinski definition) is 0. The lowest BCUT2D eigenvalue weighted by Gasteiger charge is -2.26. The molecular formula is C25H25NO2S. The summed E-state index contributed by atoms with van der Waals surface area (Å²) in [6.07, 6.45) is 1.84. The van der Waals surface area contributed by atoms with Crippen molar-refractivity contribution in [3.63, 3.8) is 0 Å². The van der Waals surface area contributed by atoms with Gasteiger partial charge < -0.3 is 0 Å². The van der Waals surface area contributed by atoms with Crippen molar-refractivity contribution in [1.29, 1.82) is 0 Å². The Balaban J connectivity index is 1.56. The molecule has 3 aromatic rings. The Labute approximate surface area is 172 Å². The van der Waals surface area contributed by atoms with E-state index < -0.39 is 10.0 Å². The molecule has 3 nitrogen and oxygen atoms in total. The molecule has 5 rings (SSSR count). The van der Waals surface area contributed by atoms with Crippen LogP contribution in [0.15, 0.2) is 71.1 Å². The van der Waals surface area contributed by atoms with Gasteiger partial charge in [-0.3, -0.25) is 0 Å². The average molecular weight is 404 g/mol. The zero-order valence-corrected chi connectivity index (χ0v) is 17.7. The molecule has 0 unspecified atom stereocenters. The number of rotatable bonds is 3. The zero-order chi connectivity index (χ0) is 20.2. The number of hydrogen-bond acceptors (Lipinski definition) is 2. The molecule has 0 saturated carbocycles. The van der Waals surface area contributed by atoms with Crippen LogP contribution in [0.25, 0.3) is 16.3 Å². The molecule has 29 heavy (non-hydrogen) atoms. The molecule has 1 aliphatic carbocycles. The molecule has 0 N–H and O–H groups in total. The molecule has 4 heteroatoms. The highest BCUT2D eigenvalue weighted by Crippen LogP contribution is 2.43. The predicted octanol–water partition coefficient (Wildman–Crippen LogP) is 5.19. The third kappa shape index (κ3) is 3.02. The van der Waals surface area contributed by atoms with Gasteiger partial charge in [-0.15, -0.1) is 0 Å². The van der Waals surface area contributed by atoms with Crippen LogP contribution in [0.5, 0.6) is 0 Å². The van der Waals surface area contributed by atoms with Crippen molar-refractivity contribution < 1.29 is 8.42 Å². The maximum absolute atomic E-state index is 13.3. The fourth-order valence-corrected chi connectivity index (χ4v) is 6.37. The van der Waals surface area contributed by atoms with E-state index in [-0.39, 0.29) is 5.92 Å². The number of sulfonamides is 1. The van der Waals surface area contributed by atoms with E-state index in [1.165, 1.54) is 33.0 Å². The van der Waals surface area contributed by atoms with E-state index in [1.807, 2.05) is 19.1 Å². The maximum atomic E-state index is 13.3. The summed E-state index contributed by atoms with van der Waals surface area (Å²) < 4.78 is 28.2. The summed E-state index contributed by atoms with van der Waals surface area (Å²) in [4.78, 5) is 0.392. The van der Waals surface area contributed by atoms with Crippen LogP contribution in [0.2, 0.25) is 0 Å². The summed E-state index contributed by atoms with van der Waals surface area (Å²) in [5.74, 6) is 0.277. The van der Waals surface area contributed by atoms with Crippen molar-refractivity contribution in [3.8, 4) is 0 Å². The van der Waals surface area contributed by atoms with Crippen LogP contribution in [0.3, 0.4) is 0 Å². The average Bonchev–Trinajstić information content (AvgIpc) is 3.15. The minimum Gasteiger partial charge on any atom is -0.207 e. The van der Waals surface area contributed by atoms with Gasteiger partial charge in [0.1, 0.15) is 0 Å². The molecule has 0 bridgehead atoms. The summed E-state index contributed by atoms with van der Waals surface area (Å²) in [6.45, 7) is 5.23. The molecular weight excluding hydrogens is 378 g/mol. The highest BCUT2D eigenvalue weighted by molar-refractivity contribution is 7.89. The van der Waals surface area contributed by atoms with E-state index in [2.05, 4.69) is 43.3 Å². The second-order valence-corrected chi connectivity index (χ2v) is 10.2. The lowest BCUT2D eigenvalue weighted by atomic mass is 9.78. The van der Waals surface area contributed by atoms with Crippen molar-refractivity contribution in [2.45, 2.75) is 31.6 Å². The third-order valence-corrected chi connectivity index (χ3v) is 8.25. The second kappa shape index (κ2) is 6.82. The highest BCUT2D eigenvalue weighted by Gasteiger charge is 2.39. The van der Waals surface area contributed by atoms with Crippen LogP contribution in [0.4, 0.5) is 0 Å². The van der Waals surface area contributed by atoms with Crippen LogP contribution >= 0.6 is 0 Å².